The Hall–Kier alpha value is -2.71. The van der Waals surface area contributed by atoms with Gasteiger partial charge in [0, 0.05) is 30.7 Å². The summed E-state index contributed by atoms with van der Waals surface area (Å²) >= 11 is 0. The van der Waals surface area contributed by atoms with Crippen molar-refractivity contribution in [2.45, 2.75) is 23.8 Å². The summed E-state index contributed by atoms with van der Waals surface area (Å²) in [5.74, 6) is 1.65. The molecule has 1 aliphatic heterocycles. The summed E-state index contributed by atoms with van der Waals surface area (Å²) in [6.45, 7) is 1.90. The summed E-state index contributed by atoms with van der Waals surface area (Å²) in [5, 5.41) is 0.786. The van der Waals surface area contributed by atoms with E-state index in [9.17, 15) is 8.42 Å². The normalized spacial score (nSPS) is 16.0. The number of fused-ring (bicyclic) bond motifs is 1. The first-order valence-corrected chi connectivity index (χ1v) is 11.3. The molecule has 0 radical (unpaired) electrons. The molecule has 1 aliphatic rings. The Morgan fingerprint density at radius 1 is 0.933 bits per heavy atom. The molecular formula is C22H26N2O5S. The number of methoxy groups -OCH3 is 2. The van der Waals surface area contributed by atoms with Crippen molar-refractivity contribution < 1.29 is 22.6 Å². The van der Waals surface area contributed by atoms with Crippen LogP contribution in [0.4, 0.5) is 0 Å². The third-order valence-corrected chi connectivity index (χ3v) is 7.20. The predicted molar refractivity (Wildman–Crippen MR) is 115 cm³/mol. The van der Waals surface area contributed by atoms with Gasteiger partial charge in [0.15, 0.2) is 11.5 Å². The van der Waals surface area contributed by atoms with Gasteiger partial charge in [0.1, 0.15) is 11.9 Å². The van der Waals surface area contributed by atoms with Crippen LogP contribution in [-0.4, -0.2) is 57.8 Å². The number of hydrogen-bond donors (Lipinski definition) is 0. The molecule has 160 valence electrons. The van der Waals surface area contributed by atoms with Gasteiger partial charge in [-0.05, 0) is 56.3 Å². The third kappa shape index (κ3) is 3.85. The van der Waals surface area contributed by atoms with Crippen LogP contribution in [0.2, 0.25) is 0 Å². The highest BCUT2D eigenvalue weighted by atomic mass is 32.2. The summed E-state index contributed by atoms with van der Waals surface area (Å²) in [6, 6.07) is 11.8. The molecule has 0 atom stereocenters. The highest BCUT2D eigenvalue weighted by molar-refractivity contribution is 7.90. The van der Waals surface area contributed by atoms with Crippen molar-refractivity contribution in [2.24, 2.45) is 0 Å². The van der Waals surface area contributed by atoms with Crippen molar-refractivity contribution in [1.29, 1.82) is 0 Å². The van der Waals surface area contributed by atoms with Crippen LogP contribution >= 0.6 is 0 Å². The summed E-state index contributed by atoms with van der Waals surface area (Å²) in [6.07, 6.45) is 3.37. The number of aromatic nitrogens is 1. The first-order valence-electron chi connectivity index (χ1n) is 9.86. The predicted octanol–water partition coefficient (Wildman–Crippen LogP) is 3.37. The lowest BCUT2D eigenvalue weighted by atomic mass is 10.1. The molecule has 0 unspecified atom stereocenters. The van der Waals surface area contributed by atoms with Gasteiger partial charge in [-0.2, -0.15) is 0 Å². The van der Waals surface area contributed by atoms with Crippen molar-refractivity contribution in [3.63, 3.8) is 0 Å². The van der Waals surface area contributed by atoms with Crippen molar-refractivity contribution in [3.05, 3.63) is 48.7 Å². The fourth-order valence-electron chi connectivity index (χ4n) is 3.74. The second-order valence-corrected chi connectivity index (χ2v) is 9.29. The number of benzene rings is 2. The minimum atomic E-state index is -3.81. The van der Waals surface area contributed by atoms with E-state index in [0.29, 0.717) is 22.8 Å². The van der Waals surface area contributed by atoms with E-state index in [0.717, 1.165) is 31.3 Å². The Bertz CT molecular complexity index is 1150. The number of ether oxygens (including phenoxy) is 3. The Morgan fingerprint density at radius 3 is 2.40 bits per heavy atom. The average molecular weight is 431 g/mol. The molecule has 0 amide bonds. The van der Waals surface area contributed by atoms with E-state index in [1.165, 1.54) is 3.97 Å². The van der Waals surface area contributed by atoms with Gasteiger partial charge in [-0.1, -0.05) is 0 Å². The fourth-order valence-corrected chi connectivity index (χ4v) is 5.11. The van der Waals surface area contributed by atoms with Gasteiger partial charge in [0.25, 0.3) is 10.0 Å². The zero-order valence-electron chi connectivity index (χ0n) is 17.4. The van der Waals surface area contributed by atoms with Crippen LogP contribution in [-0.2, 0) is 10.0 Å². The maximum atomic E-state index is 13.4. The molecule has 1 saturated heterocycles. The van der Waals surface area contributed by atoms with Gasteiger partial charge in [-0.3, -0.25) is 0 Å². The molecule has 0 spiro atoms. The molecule has 4 rings (SSSR count). The van der Waals surface area contributed by atoms with Crippen LogP contribution in [0.1, 0.15) is 12.8 Å². The summed E-state index contributed by atoms with van der Waals surface area (Å²) in [7, 11) is 1.41. The lowest BCUT2D eigenvalue weighted by Gasteiger charge is -2.29. The largest absolute Gasteiger partial charge is 0.497 e. The SMILES string of the molecule is COc1ccc2c(ccn2S(=O)(=O)c2ccc(OC)c(OC3CCN(C)CC3)c2)c1. The van der Waals surface area contributed by atoms with E-state index < -0.39 is 10.0 Å². The van der Waals surface area contributed by atoms with Gasteiger partial charge in [-0.15, -0.1) is 0 Å². The number of hydrogen-bond acceptors (Lipinski definition) is 6. The van der Waals surface area contributed by atoms with Crippen LogP contribution in [0.15, 0.2) is 53.6 Å². The monoisotopic (exact) mass is 430 g/mol. The molecule has 0 bridgehead atoms. The summed E-state index contributed by atoms with van der Waals surface area (Å²) < 4.78 is 44.8. The number of nitrogens with zero attached hydrogens (tertiary/aromatic N) is 2. The number of likely N-dealkylation sites (tertiary alicyclic amines) is 1. The van der Waals surface area contributed by atoms with Crippen molar-refractivity contribution in [3.8, 4) is 17.2 Å². The molecule has 2 aromatic carbocycles. The fraction of sp³-hybridized carbons (Fsp3) is 0.364. The Labute approximate surface area is 176 Å². The second-order valence-electron chi connectivity index (χ2n) is 7.47. The minimum Gasteiger partial charge on any atom is -0.497 e. The van der Waals surface area contributed by atoms with Crippen molar-refractivity contribution in [1.82, 2.24) is 8.87 Å². The molecule has 0 saturated carbocycles. The van der Waals surface area contributed by atoms with Crippen LogP contribution in [0, 0.1) is 0 Å². The number of piperidine rings is 1. The maximum Gasteiger partial charge on any atom is 0.268 e. The highest BCUT2D eigenvalue weighted by Crippen LogP contribution is 2.34. The van der Waals surface area contributed by atoms with Gasteiger partial charge in [0.2, 0.25) is 0 Å². The van der Waals surface area contributed by atoms with Crippen molar-refractivity contribution >= 4 is 20.9 Å². The van der Waals surface area contributed by atoms with Crippen LogP contribution < -0.4 is 14.2 Å². The topological polar surface area (TPSA) is 70.0 Å². The lowest BCUT2D eigenvalue weighted by molar-refractivity contribution is 0.111. The standard InChI is InChI=1S/C22H26N2O5S/c1-23-11-9-17(10-12-23)29-22-15-19(5-7-21(22)28-3)30(25,26)24-13-8-16-14-18(27-2)4-6-20(16)24/h4-8,13-15,17H,9-12H2,1-3H3. The Morgan fingerprint density at radius 2 is 1.70 bits per heavy atom. The number of rotatable bonds is 6. The molecule has 2 heterocycles. The molecule has 8 heteroatoms. The molecular weight excluding hydrogens is 404 g/mol. The summed E-state index contributed by atoms with van der Waals surface area (Å²) in [5.41, 5.74) is 0.587. The first-order chi connectivity index (χ1) is 14.4. The van der Waals surface area contributed by atoms with Gasteiger partial charge >= 0.3 is 0 Å². The van der Waals surface area contributed by atoms with E-state index in [1.807, 2.05) is 6.07 Å². The second kappa shape index (κ2) is 8.20. The lowest BCUT2D eigenvalue weighted by Crippen LogP contribution is -2.35. The quantitative estimate of drug-likeness (QED) is 0.597. The first kappa shape index (κ1) is 20.6. The van der Waals surface area contributed by atoms with E-state index in [1.54, 1.807) is 56.8 Å². The van der Waals surface area contributed by atoms with Crippen LogP contribution in [0.3, 0.4) is 0 Å². The molecule has 0 aliphatic carbocycles. The van der Waals surface area contributed by atoms with E-state index >= 15 is 0 Å². The average Bonchev–Trinajstić information content (AvgIpc) is 3.19. The van der Waals surface area contributed by atoms with E-state index in [2.05, 4.69) is 11.9 Å². The highest BCUT2D eigenvalue weighted by Gasteiger charge is 2.24. The molecule has 30 heavy (non-hydrogen) atoms. The Kier molecular flexibility index (Phi) is 5.62. The zero-order valence-corrected chi connectivity index (χ0v) is 18.2. The molecule has 1 fully saturated rings. The van der Waals surface area contributed by atoms with Crippen LogP contribution in [0.5, 0.6) is 17.2 Å². The molecule has 0 N–H and O–H groups in total. The van der Waals surface area contributed by atoms with E-state index in [-0.39, 0.29) is 11.0 Å². The zero-order chi connectivity index (χ0) is 21.3. The summed E-state index contributed by atoms with van der Waals surface area (Å²) in [4.78, 5) is 2.41. The van der Waals surface area contributed by atoms with Gasteiger partial charge < -0.3 is 19.1 Å². The molecule has 3 aromatic rings. The van der Waals surface area contributed by atoms with E-state index in [4.69, 9.17) is 14.2 Å². The van der Waals surface area contributed by atoms with Crippen LogP contribution in [0.25, 0.3) is 10.9 Å². The third-order valence-electron chi connectivity index (χ3n) is 5.51. The molecule has 7 nitrogen and oxygen atoms in total. The van der Waals surface area contributed by atoms with Gasteiger partial charge in [-0.25, -0.2) is 12.4 Å². The minimum absolute atomic E-state index is 0.0351. The van der Waals surface area contributed by atoms with Gasteiger partial charge in [0.05, 0.1) is 24.6 Å². The smallest absolute Gasteiger partial charge is 0.268 e. The maximum absolute atomic E-state index is 13.4. The molecule has 1 aromatic heterocycles. The Balaban J connectivity index is 1.69. The van der Waals surface area contributed by atoms with Crippen molar-refractivity contribution in [2.75, 3.05) is 34.4 Å².